The van der Waals surface area contributed by atoms with Crippen LogP contribution in [0.1, 0.15) is 101 Å². The van der Waals surface area contributed by atoms with Gasteiger partial charge in [-0.05, 0) is 68.7 Å². The van der Waals surface area contributed by atoms with Crippen molar-refractivity contribution in [2.45, 2.75) is 128 Å². The number of Topliss-reactive ketones (excluding diaryl/α,β-unsaturated/α-hetero) is 1. The molecular formula is C50H57NO14. The van der Waals surface area contributed by atoms with Gasteiger partial charge in [0.05, 0.1) is 41.8 Å². The van der Waals surface area contributed by atoms with Gasteiger partial charge in [0.25, 0.3) is 5.91 Å². The summed E-state index contributed by atoms with van der Waals surface area (Å²) >= 11 is 0. The Kier molecular flexibility index (Phi) is 13.0. The van der Waals surface area contributed by atoms with E-state index in [0.29, 0.717) is 11.1 Å². The van der Waals surface area contributed by atoms with E-state index in [4.69, 9.17) is 28.4 Å². The molecule has 1 heterocycles. The van der Waals surface area contributed by atoms with E-state index in [2.05, 4.69) is 5.32 Å². The first-order valence-electron chi connectivity index (χ1n) is 21.8. The van der Waals surface area contributed by atoms with Gasteiger partial charge in [0, 0.05) is 37.7 Å². The molecule has 0 aromatic heterocycles. The molecule has 15 nitrogen and oxygen atoms in total. The highest BCUT2D eigenvalue weighted by molar-refractivity contribution is 5.96. The van der Waals surface area contributed by atoms with Gasteiger partial charge >= 0.3 is 23.9 Å². The molecule has 346 valence electrons. The van der Waals surface area contributed by atoms with Crippen LogP contribution in [0.15, 0.2) is 102 Å². The predicted octanol–water partition coefficient (Wildman–Crippen LogP) is 5.17. The summed E-state index contributed by atoms with van der Waals surface area (Å²) in [5.74, 6) is -6.36. The minimum atomic E-state index is -2.36. The smallest absolute Gasteiger partial charge is 0.338 e. The van der Waals surface area contributed by atoms with Gasteiger partial charge in [0.1, 0.15) is 23.9 Å². The van der Waals surface area contributed by atoms with Crippen LogP contribution in [0, 0.1) is 16.7 Å². The average Bonchev–Trinajstić information content (AvgIpc) is 3.26. The number of hydrogen-bond acceptors (Lipinski definition) is 14. The molecular weight excluding hydrogens is 839 g/mol. The van der Waals surface area contributed by atoms with Crippen LogP contribution in [-0.2, 0) is 47.6 Å². The molecule has 1 aliphatic heterocycles. The Morgan fingerprint density at radius 2 is 1.40 bits per heavy atom. The molecule has 4 aliphatic rings. The van der Waals surface area contributed by atoms with Crippen molar-refractivity contribution in [3.05, 3.63) is 119 Å². The molecule has 3 N–H and O–H groups in total. The maximum absolute atomic E-state index is 15.6. The molecule has 1 amide bonds. The Hall–Kier alpha value is -5.74. The van der Waals surface area contributed by atoms with E-state index in [1.54, 1.807) is 113 Å². The van der Waals surface area contributed by atoms with E-state index < -0.39 is 119 Å². The molecule has 1 saturated heterocycles. The van der Waals surface area contributed by atoms with Crippen LogP contribution >= 0.6 is 0 Å². The third-order valence-corrected chi connectivity index (χ3v) is 13.9. The second-order valence-electron chi connectivity index (χ2n) is 18.5. The van der Waals surface area contributed by atoms with Gasteiger partial charge < -0.3 is 44.0 Å². The number of fused-ring (bicyclic) bond motifs is 5. The zero-order valence-electron chi connectivity index (χ0n) is 37.8. The molecule has 0 unspecified atom stereocenters. The Morgan fingerprint density at radius 1 is 0.815 bits per heavy atom. The molecule has 0 radical (unpaired) electrons. The number of amides is 1. The zero-order chi connectivity index (χ0) is 47.2. The lowest BCUT2D eigenvalue weighted by Gasteiger charge is -2.67. The SMILES string of the molecule is CC(=O)O[C@H]1C(=O)[C@@]2(C)[C@H]([C@H](OC(=O)c3ccccc3)[C@]3(O)C[C@H](OC(=O)[C@H](OC(C)C)[C@@H](NC(=O)c4ccccc4)c4ccccc4)C(C)=C1C3(C)C)[C@]1(OC(C)=O)CO[C@@H]1C[C@@H]2O. The molecule has 3 aliphatic carbocycles. The molecule has 0 spiro atoms. The van der Waals surface area contributed by atoms with Crippen molar-refractivity contribution >= 4 is 35.6 Å². The van der Waals surface area contributed by atoms with Gasteiger partial charge in [-0.1, -0.05) is 80.6 Å². The van der Waals surface area contributed by atoms with Crippen LogP contribution in [0.5, 0.6) is 0 Å². The summed E-state index contributed by atoms with van der Waals surface area (Å²) in [6.07, 6.45) is -10.3. The highest BCUT2D eigenvalue weighted by atomic mass is 16.6. The van der Waals surface area contributed by atoms with Gasteiger partial charge in [-0.2, -0.15) is 0 Å². The van der Waals surface area contributed by atoms with Gasteiger partial charge in [0.15, 0.2) is 23.6 Å². The van der Waals surface area contributed by atoms with E-state index >= 15 is 4.79 Å². The monoisotopic (exact) mass is 895 g/mol. The van der Waals surface area contributed by atoms with Gasteiger partial charge in [-0.3, -0.25) is 19.2 Å². The Bertz CT molecular complexity index is 2350. The first-order chi connectivity index (χ1) is 30.7. The van der Waals surface area contributed by atoms with E-state index in [0.717, 1.165) is 6.92 Å². The first kappa shape index (κ1) is 47.2. The zero-order valence-corrected chi connectivity index (χ0v) is 37.8. The largest absolute Gasteiger partial charge is 0.456 e. The standard InChI is InChI=1S/C50H57NO14/c1-27(2)61-40(38(31-18-12-9-13-19-31)51-44(56)32-20-14-10-15-21-32)46(58)63-34-25-50(59)43(64-45(57)33-22-16-11-17-23-33)41-48(8,35(54)24-36-49(41,26-60-36)65-30(5)53)42(55)39(62-29(4)52)37(28(34)3)47(50,6)7/h9-23,27,34-36,38-41,43,54,59H,24-26H2,1-8H3,(H,51,56)/t34-,35-,36+,38-,39+,40+,41-,43-,48+,49-,50+/m0/s1. The quantitative estimate of drug-likeness (QED) is 0.122. The summed E-state index contributed by atoms with van der Waals surface area (Å²) in [5.41, 5.74) is -6.59. The number of benzene rings is 3. The fourth-order valence-corrected chi connectivity index (χ4v) is 10.6. The Balaban J connectivity index is 1.42. The molecule has 2 saturated carbocycles. The number of aliphatic hydroxyl groups excluding tert-OH is 1. The third kappa shape index (κ3) is 8.28. The number of hydrogen-bond donors (Lipinski definition) is 3. The lowest BCUT2D eigenvalue weighted by atomic mass is 9.44. The lowest BCUT2D eigenvalue weighted by molar-refractivity contribution is -0.346. The fourth-order valence-electron chi connectivity index (χ4n) is 10.6. The minimum absolute atomic E-state index is 0.0451. The van der Waals surface area contributed by atoms with Crippen molar-refractivity contribution in [1.82, 2.24) is 5.32 Å². The summed E-state index contributed by atoms with van der Waals surface area (Å²) in [6, 6.07) is 24.0. The number of carbonyl (C=O) groups excluding carboxylic acids is 6. The van der Waals surface area contributed by atoms with Crippen molar-refractivity contribution in [2.24, 2.45) is 16.7 Å². The highest BCUT2D eigenvalue weighted by Gasteiger charge is 2.78. The van der Waals surface area contributed by atoms with Crippen LogP contribution in [0.3, 0.4) is 0 Å². The number of nitrogens with one attached hydrogen (secondary N) is 1. The van der Waals surface area contributed by atoms with Crippen molar-refractivity contribution in [3.8, 4) is 0 Å². The van der Waals surface area contributed by atoms with Crippen molar-refractivity contribution < 1.29 is 67.4 Å². The van der Waals surface area contributed by atoms with Gasteiger partial charge in [-0.25, -0.2) is 9.59 Å². The summed E-state index contributed by atoms with van der Waals surface area (Å²) in [6.45, 7) is 11.6. The highest BCUT2D eigenvalue weighted by Crippen LogP contribution is 2.64. The maximum Gasteiger partial charge on any atom is 0.338 e. The Morgan fingerprint density at radius 3 is 1.94 bits per heavy atom. The number of esters is 4. The molecule has 65 heavy (non-hydrogen) atoms. The summed E-state index contributed by atoms with van der Waals surface area (Å²) in [4.78, 5) is 84.9. The molecule has 15 heteroatoms. The molecule has 11 atom stereocenters. The van der Waals surface area contributed by atoms with Crippen molar-refractivity contribution in [1.29, 1.82) is 0 Å². The lowest BCUT2D eigenvalue weighted by Crippen LogP contribution is -2.82. The van der Waals surface area contributed by atoms with Gasteiger partial charge in [0.2, 0.25) is 0 Å². The second-order valence-corrected chi connectivity index (χ2v) is 18.5. The number of rotatable bonds is 12. The van der Waals surface area contributed by atoms with Crippen LogP contribution < -0.4 is 5.32 Å². The van der Waals surface area contributed by atoms with E-state index in [1.807, 2.05) is 0 Å². The van der Waals surface area contributed by atoms with Crippen molar-refractivity contribution in [3.63, 3.8) is 0 Å². The average molecular weight is 896 g/mol. The van der Waals surface area contributed by atoms with E-state index in [9.17, 15) is 34.2 Å². The normalized spacial score (nSPS) is 31.0. The summed E-state index contributed by atoms with van der Waals surface area (Å²) in [5, 5.41) is 28.9. The van der Waals surface area contributed by atoms with Crippen molar-refractivity contribution in [2.75, 3.05) is 6.61 Å². The summed E-state index contributed by atoms with van der Waals surface area (Å²) in [7, 11) is 0. The molecule has 3 fully saturated rings. The molecule has 3 aromatic rings. The number of aliphatic hydroxyl groups is 2. The van der Waals surface area contributed by atoms with E-state index in [-0.39, 0.29) is 29.7 Å². The number of carbonyl (C=O) groups is 6. The Labute approximate surface area is 377 Å². The minimum Gasteiger partial charge on any atom is -0.456 e. The molecule has 2 bridgehead atoms. The topological polar surface area (TPSA) is 210 Å². The third-order valence-electron chi connectivity index (χ3n) is 13.9. The van der Waals surface area contributed by atoms with Gasteiger partial charge in [-0.15, -0.1) is 0 Å². The van der Waals surface area contributed by atoms with E-state index in [1.165, 1.54) is 26.0 Å². The summed E-state index contributed by atoms with van der Waals surface area (Å²) < 4.78 is 37.1. The molecule has 7 rings (SSSR count). The number of ketones is 1. The molecule has 3 aromatic carbocycles. The predicted molar refractivity (Wildman–Crippen MR) is 232 cm³/mol. The number of ether oxygens (including phenoxy) is 6. The second kappa shape index (κ2) is 17.9. The van der Waals surface area contributed by atoms with Crippen LogP contribution in [0.25, 0.3) is 0 Å². The van der Waals surface area contributed by atoms with Crippen LogP contribution in [-0.4, -0.2) is 106 Å². The van der Waals surface area contributed by atoms with Crippen LogP contribution in [0.4, 0.5) is 0 Å². The first-order valence-corrected chi connectivity index (χ1v) is 21.8. The van der Waals surface area contributed by atoms with Crippen LogP contribution in [0.2, 0.25) is 0 Å². The maximum atomic E-state index is 15.6. The fraction of sp³-hybridized carbons (Fsp3) is 0.480.